The lowest BCUT2D eigenvalue weighted by molar-refractivity contribution is 0.0979. The van der Waals surface area contributed by atoms with Gasteiger partial charge < -0.3 is 5.32 Å². The monoisotopic (exact) mass is 371 g/mol. The van der Waals surface area contributed by atoms with Gasteiger partial charge in [-0.05, 0) is 32.4 Å². The van der Waals surface area contributed by atoms with Crippen LogP contribution >= 0.6 is 15.9 Å². The van der Waals surface area contributed by atoms with E-state index in [2.05, 4.69) is 42.0 Å². The van der Waals surface area contributed by atoms with Crippen molar-refractivity contribution in [1.82, 2.24) is 0 Å². The van der Waals surface area contributed by atoms with Crippen molar-refractivity contribution in [3.63, 3.8) is 0 Å². The van der Waals surface area contributed by atoms with Gasteiger partial charge in [0.05, 0.1) is 5.56 Å². The number of hydrogen-bond acceptors (Lipinski definition) is 3. The summed E-state index contributed by atoms with van der Waals surface area (Å²) >= 11 is 3.43. The second-order valence-electron chi connectivity index (χ2n) is 6.41. The lowest BCUT2D eigenvalue weighted by Crippen LogP contribution is -2.32. The van der Waals surface area contributed by atoms with Gasteiger partial charge in [-0.1, -0.05) is 47.1 Å². The standard InChI is InChI=1S/C19H18BrNO2/c1-4-19(2,3)21-14-10-9-13(20)15-16(14)18(23)12-8-6-5-7-11(12)17(15)22/h5-10,21H,4H2,1-3H3. The molecule has 2 aromatic rings. The maximum absolute atomic E-state index is 13.0. The SMILES string of the molecule is CCC(C)(C)Nc1ccc(Br)c2c1C(=O)c1ccccc1C2=O. The van der Waals surface area contributed by atoms with E-state index in [9.17, 15) is 9.59 Å². The van der Waals surface area contributed by atoms with Gasteiger partial charge in [-0.2, -0.15) is 0 Å². The van der Waals surface area contributed by atoms with Crippen LogP contribution in [-0.2, 0) is 0 Å². The molecule has 0 atom stereocenters. The quantitative estimate of drug-likeness (QED) is 0.717. The van der Waals surface area contributed by atoms with Crippen LogP contribution in [0.3, 0.4) is 0 Å². The van der Waals surface area contributed by atoms with Gasteiger partial charge in [-0.15, -0.1) is 0 Å². The Morgan fingerprint density at radius 3 is 2.09 bits per heavy atom. The maximum atomic E-state index is 13.0. The van der Waals surface area contributed by atoms with E-state index in [1.54, 1.807) is 24.3 Å². The molecular weight excluding hydrogens is 354 g/mol. The second-order valence-corrected chi connectivity index (χ2v) is 7.27. The zero-order valence-corrected chi connectivity index (χ0v) is 15.0. The molecule has 0 aromatic heterocycles. The van der Waals surface area contributed by atoms with Crippen LogP contribution in [0.4, 0.5) is 5.69 Å². The minimum Gasteiger partial charge on any atom is -0.380 e. The number of fused-ring (bicyclic) bond motifs is 2. The first-order valence-electron chi connectivity index (χ1n) is 7.65. The molecule has 0 radical (unpaired) electrons. The molecule has 0 saturated carbocycles. The van der Waals surface area contributed by atoms with Gasteiger partial charge in [-0.25, -0.2) is 0 Å². The average molecular weight is 372 g/mol. The molecule has 0 amide bonds. The van der Waals surface area contributed by atoms with Crippen LogP contribution in [0, 0.1) is 0 Å². The van der Waals surface area contributed by atoms with Crippen molar-refractivity contribution in [2.75, 3.05) is 5.32 Å². The maximum Gasteiger partial charge on any atom is 0.196 e. The Bertz CT molecular complexity index is 824. The molecule has 1 N–H and O–H groups in total. The summed E-state index contributed by atoms with van der Waals surface area (Å²) in [6, 6.07) is 10.7. The molecule has 3 nitrogen and oxygen atoms in total. The number of rotatable bonds is 3. The Kier molecular flexibility index (Phi) is 3.88. The minimum absolute atomic E-state index is 0.106. The first-order chi connectivity index (χ1) is 10.9. The van der Waals surface area contributed by atoms with Gasteiger partial charge in [0, 0.05) is 32.4 Å². The van der Waals surface area contributed by atoms with E-state index in [1.807, 2.05) is 12.1 Å². The summed E-state index contributed by atoms with van der Waals surface area (Å²) < 4.78 is 0.653. The van der Waals surface area contributed by atoms with Crippen LogP contribution in [0.15, 0.2) is 40.9 Å². The first-order valence-corrected chi connectivity index (χ1v) is 8.44. The lowest BCUT2D eigenvalue weighted by Gasteiger charge is -2.29. The molecular formula is C19H18BrNO2. The highest BCUT2D eigenvalue weighted by Gasteiger charge is 2.34. The highest BCUT2D eigenvalue weighted by molar-refractivity contribution is 9.10. The molecule has 118 valence electrons. The fraction of sp³-hybridized carbons (Fsp3) is 0.263. The van der Waals surface area contributed by atoms with Crippen LogP contribution in [0.2, 0.25) is 0 Å². The van der Waals surface area contributed by atoms with Gasteiger partial charge in [0.25, 0.3) is 0 Å². The first kappa shape index (κ1) is 15.9. The van der Waals surface area contributed by atoms with Crippen LogP contribution in [0.1, 0.15) is 59.0 Å². The summed E-state index contributed by atoms with van der Waals surface area (Å²) in [5, 5.41) is 3.41. The Hall–Kier alpha value is -1.94. The number of anilines is 1. The van der Waals surface area contributed by atoms with E-state index in [1.165, 1.54) is 0 Å². The van der Waals surface area contributed by atoms with Crippen molar-refractivity contribution >= 4 is 33.2 Å². The van der Waals surface area contributed by atoms with E-state index >= 15 is 0 Å². The molecule has 0 heterocycles. The third-order valence-corrected chi connectivity index (χ3v) is 5.04. The summed E-state index contributed by atoms with van der Waals surface area (Å²) in [5.74, 6) is -0.217. The Morgan fingerprint density at radius 2 is 1.52 bits per heavy atom. The smallest absolute Gasteiger partial charge is 0.196 e. The molecule has 0 aliphatic heterocycles. The third-order valence-electron chi connectivity index (χ3n) is 4.38. The fourth-order valence-electron chi connectivity index (χ4n) is 2.74. The van der Waals surface area contributed by atoms with Gasteiger partial charge in [-0.3, -0.25) is 9.59 Å². The number of nitrogens with one attached hydrogen (secondary N) is 1. The second kappa shape index (κ2) is 5.60. The number of benzene rings is 2. The van der Waals surface area contributed by atoms with Crippen LogP contribution < -0.4 is 5.32 Å². The highest BCUT2D eigenvalue weighted by Crippen LogP contribution is 2.37. The average Bonchev–Trinajstić information content (AvgIpc) is 2.54. The molecule has 1 aliphatic rings. The van der Waals surface area contributed by atoms with Gasteiger partial charge in [0.2, 0.25) is 0 Å². The zero-order valence-electron chi connectivity index (χ0n) is 13.4. The summed E-state index contributed by atoms with van der Waals surface area (Å²) in [5.41, 5.74) is 2.40. The Balaban J connectivity index is 2.23. The summed E-state index contributed by atoms with van der Waals surface area (Å²) in [6.07, 6.45) is 0.899. The van der Waals surface area contributed by atoms with E-state index in [-0.39, 0.29) is 17.1 Å². The molecule has 23 heavy (non-hydrogen) atoms. The molecule has 0 saturated heterocycles. The van der Waals surface area contributed by atoms with Crippen molar-refractivity contribution < 1.29 is 9.59 Å². The van der Waals surface area contributed by atoms with Crippen molar-refractivity contribution in [1.29, 1.82) is 0 Å². The summed E-state index contributed by atoms with van der Waals surface area (Å²) in [7, 11) is 0. The summed E-state index contributed by atoms with van der Waals surface area (Å²) in [6.45, 7) is 6.23. The molecule has 1 aliphatic carbocycles. The number of carbonyl (C=O) groups is 2. The normalized spacial score (nSPS) is 13.6. The van der Waals surface area contributed by atoms with Gasteiger partial charge in [0.1, 0.15) is 0 Å². The van der Waals surface area contributed by atoms with Crippen molar-refractivity contribution in [2.24, 2.45) is 0 Å². The van der Waals surface area contributed by atoms with Crippen molar-refractivity contribution in [3.8, 4) is 0 Å². The van der Waals surface area contributed by atoms with E-state index in [4.69, 9.17) is 0 Å². The third kappa shape index (κ3) is 2.61. The molecule has 0 spiro atoms. The molecule has 0 unspecified atom stereocenters. The molecule has 4 heteroatoms. The zero-order chi connectivity index (χ0) is 16.8. The van der Waals surface area contributed by atoms with Crippen LogP contribution in [0.25, 0.3) is 0 Å². The Morgan fingerprint density at radius 1 is 0.957 bits per heavy atom. The predicted octanol–water partition coefficient (Wildman–Crippen LogP) is 4.83. The number of carbonyl (C=O) groups excluding carboxylic acids is 2. The molecule has 3 rings (SSSR count). The molecule has 0 bridgehead atoms. The van der Waals surface area contributed by atoms with Gasteiger partial charge >= 0.3 is 0 Å². The van der Waals surface area contributed by atoms with E-state index < -0.39 is 0 Å². The highest BCUT2D eigenvalue weighted by atomic mass is 79.9. The Labute approximate surface area is 144 Å². The van der Waals surface area contributed by atoms with Crippen LogP contribution in [-0.4, -0.2) is 17.1 Å². The van der Waals surface area contributed by atoms with Crippen LogP contribution in [0.5, 0.6) is 0 Å². The fourth-order valence-corrected chi connectivity index (χ4v) is 3.25. The van der Waals surface area contributed by atoms with E-state index in [0.717, 1.165) is 6.42 Å². The number of halogens is 1. The topological polar surface area (TPSA) is 46.2 Å². The minimum atomic E-state index is -0.165. The lowest BCUT2D eigenvalue weighted by atomic mass is 9.83. The van der Waals surface area contributed by atoms with Crippen molar-refractivity contribution in [3.05, 3.63) is 63.1 Å². The predicted molar refractivity (Wildman–Crippen MR) is 95.4 cm³/mol. The summed E-state index contributed by atoms with van der Waals surface area (Å²) in [4.78, 5) is 25.8. The number of hydrogen-bond donors (Lipinski definition) is 1. The van der Waals surface area contributed by atoms with E-state index in [0.29, 0.717) is 32.4 Å². The largest absolute Gasteiger partial charge is 0.380 e. The van der Waals surface area contributed by atoms with Gasteiger partial charge in [0.15, 0.2) is 11.6 Å². The molecule has 0 fully saturated rings. The number of ketones is 2. The van der Waals surface area contributed by atoms with Crippen molar-refractivity contribution in [2.45, 2.75) is 32.7 Å². The molecule has 2 aromatic carbocycles.